The lowest BCUT2D eigenvalue weighted by Gasteiger charge is -2.16. The molecule has 1 aromatic carbocycles. The number of benzene rings is 1. The molecule has 19 heavy (non-hydrogen) atoms. The fourth-order valence-corrected chi connectivity index (χ4v) is 2.72. The molecule has 0 unspecified atom stereocenters. The van der Waals surface area contributed by atoms with Crippen molar-refractivity contribution in [3.8, 4) is 0 Å². The van der Waals surface area contributed by atoms with Crippen molar-refractivity contribution in [2.75, 3.05) is 18.4 Å². The number of hydrogen-bond acceptors (Lipinski definition) is 3. The van der Waals surface area contributed by atoms with Gasteiger partial charge in [-0.2, -0.15) is 0 Å². The van der Waals surface area contributed by atoms with E-state index in [1.807, 2.05) is 36.6 Å². The second-order valence-corrected chi connectivity index (χ2v) is 4.71. The summed E-state index contributed by atoms with van der Waals surface area (Å²) in [7, 11) is 0. The van der Waals surface area contributed by atoms with Crippen LogP contribution in [-0.4, -0.2) is 23.4 Å². The maximum atomic E-state index is 12.7. The van der Waals surface area contributed by atoms with Crippen LogP contribution in [0.25, 0.3) is 10.9 Å². The maximum Gasteiger partial charge on any atom is 0.262 e. The van der Waals surface area contributed by atoms with Gasteiger partial charge in [0.2, 0.25) is 0 Å². The number of para-hydroxylation sites is 1. The van der Waals surface area contributed by atoms with Crippen LogP contribution in [0.5, 0.6) is 0 Å². The Hall–Kier alpha value is -2.10. The zero-order valence-corrected chi connectivity index (χ0v) is 11.2. The van der Waals surface area contributed by atoms with Gasteiger partial charge in [-0.05, 0) is 19.9 Å². The third-order valence-corrected chi connectivity index (χ3v) is 3.61. The van der Waals surface area contributed by atoms with Crippen molar-refractivity contribution >= 4 is 22.3 Å². The van der Waals surface area contributed by atoms with E-state index in [0.29, 0.717) is 13.1 Å². The Morgan fingerprint density at radius 3 is 2.95 bits per heavy atom. The molecule has 0 atom stereocenters. The van der Waals surface area contributed by atoms with Crippen LogP contribution in [0.2, 0.25) is 0 Å². The number of aryl methyl sites for hydroxylation is 1. The van der Waals surface area contributed by atoms with Gasteiger partial charge in [0, 0.05) is 24.2 Å². The number of nitrogens with one attached hydrogen (secondary N) is 1. The van der Waals surface area contributed by atoms with Crippen LogP contribution in [0.15, 0.2) is 34.1 Å². The number of rotatable bonds is 1. The summed E-state index contributed by atoms with van der Waals surface area (Å²) in [5.41, 5.74) is 3.52. The number of aliphatic imine (C=N–C) groups is 1. The third-order valence-electron chi connectivity index (χ3n) is 3.61. The Balaban J connectivity index is 2.51. The van der Waals surface area contributed by atoms with Crippen LogP contribution < -0.4 is 10.9 Å². The van der Waals surface area contributed by atoms with Gasteiger partial charge in [0.25, 0.3) is 5.56 Å². The average molecular weight is 255 g/mol. The van der Waals surface area contributed by atoms with E-state index in [-0.39, 0.29) is 5.56 Å². The van der Waals surface area contributed by atoms with Crippen molar-refractivity contribution in [1.82, 2.24) is 4.57 Å². The van der Waals surface area contributed by atoms with E-state index in [0.717, 1.165) is 34.4 Å². The maximum absolute atomic E-state index is 12.7. The molecule has 3 rings (SSSR count). The number of hydrogen-bond donors (Lipinski definition) is 1. The zero-order chi connectivity index (χ0) is 13.4. The molecule has 0 aliphatic carbocycles. The van der Waals surface area contributed by atoms with Crippen molar-refractivity contribution in [2.45, 2.75) is 20.4 Å². The molecule has 0 saturated heterocycles. The van der Waals surface area contributed by atoms with Gasteiger partial charge in [-0.1, -0.05) is 18.2 Å². The first-order valence-corrected chi connectivity index (χ1v) is 6.65. The van der Waals surface area contributed by atoms with Crippen molar-refractivity contribution in [2.24, 2.45) is 4.99 Å². The molecule has 2 aromatic rings. The summed E-state index contributed by atoms with van der Waals surface area (Å²) in [4.78, 5) is 17.1. The van der Waals surface area contributed by atoms with E-state index in [2.05, 4.69) is 16.4 Å². The topological polar surface area (TPSA) is 46.4 Å². The quantitative estimate of drug-likeness (QED) is 0.849. The van der Waals surface area contributed by atoms with Gasteiger partial charge < -0.3 is 9.88 Å². The molecule has 1 aromatic heterocycles. The summed E-state index contributed by atoms with van der Waals surface area (Å²) >= 11 is 0. The molecule has 0 fully saturated rings. The van der Waals surface area contributed by atoms with E-state index in [1.54, 1.807) is 0 Å². The number of anilines is 1. The normalized spacial score (nSPS) is 14.5. The highest BCUT2D eigenvalue weighted by atomic mass is 16.1. The molecule has 0 amide bonds. The smallest absolute Gasteiger partial charge is 0.262 e. The monoisotopic (exact) mass is 255 g/mol. The van der Waals surface area contributed by atoms with Crippen molar-refractivity contribution in [3.05, 3.63) is 40.2 Å². The average Bonchev–Trinajstić information content (AvgIpc) is 2.62. The molecule has 4 heteroatoms. The molecule has 98 valence electrons. The zero-order valence-electron chi connectivity index (χ0n) is 11.2. The standard InChI is InChI=1S/C15H17N3O/c1-3-18-12-7-5-4-6-11(12)14-13(15(18)19)10(2)16-8-9-17-14/h4-7,17H,3,8-9H2,1-2H3. The predicted molar refractivity (Wildman–Crippen MR) is 79.4 cm³/mol. The lowest BCUT2D eigenvalue weighted by Crippen LogP contribution is -2.27. The molecular weight excluding hydrogens is 238 g/mol. The molecule has 4 nitrogen and oxygen atoms in total. The molecule has 0 radical (unpaired) electrons. The van der Waals surface area contributed by atoms with Crippen molar-refractivity contribution < 1.29 is 0 Å². The Labute approximate surface area is 111 Å². The SMILES string of the molecule is CCn1c(=O)c2c(c3ccccc31)NCCN=C2C. The number of fused-ring (bicyclic) bond motifs is 3. The lowest BCUT2D eigenvalue weighted by atomic mass is 10.1. The van der Waals surface area contributed by atoms with Gasteiger partial charge in [-0.25, -0.2) is 0 Å². The summed E-state index contributed by atoms with van der Waals surface area (Å²) in [5.74, 6) is 0. The fourth-order valence-electron chi connectivity index (χ4n) is 2.72. The Morgan fingerprint density at radius 2 is 2.16 bits per heavy atom. The van der Waals surface area contributed by atoms with Crippen LogP contribution >= 0.6 is 0 Å². The summed E-state index contributed by atoms with van der Waals surface area (Å²) in [6, 6.07) is 8.04. The fraction of sp³-hybridized carbons (Fsp3) is 0.333. The van der Waals surface area contributed by atoms with E-state index < -0.39 is 0 Å². The van der Waals surface area contributed by atoms with E-state index >= 15 is 0 Å². The van der Waals surface area contributed by atoms with Crippen LogP contribution in [-0.2, 0) is 6.54 Å². The van der Waals surface area contributed by atoms with Crippen LogP contribution in [0.1, 0.15) is 19.4 Å². The summed E-state index contributed by atoms with van der Waals surface area (Å²) < 4.78 is 1.82. The first-order valence-electron chi connectivity index (χ1n) is 6.65. The summed E-state index contributed by atoms with van der Waals surface area (Å²) in [5, 5.41) is 4.46. The van der Waals surface area contributed by atoms with Gasteiger partial charge in [0.15, 0.2) is 0 Å². The first kappa shape index (κ1) is 12.0. The number of nitrogens with zero attached hydrogens (tertiary/aromatic N) is 2. The Bertz CT molecular complexity index is 728. The minimum atomic E-state index is 0.0480. The van der Waals surface area contributed by atoms with Gasteiger partial charge in [0.1, 0.15) is 0 Å². The minimum Gasteiger partial charge on any atom is -0.382 e. The summed E-state index contributed by atoms with van der Waals surface area (Å²) in [6.07, 6.45) is 0. The third kappa shape index (κ3) is 1.75. The first-order chi connectivity index (χ1) is 9.24. The largest absolute Gasteiger partial charge is 0.382 e. The minimum absolute atomic E-state index is 0.0480. The van der Waals surface area contributed by atoms with E-state index in [4.69, 9.17) is 0 Å². The molecule has 2 heterocycles. The van der Waals surface area contributed by atoms with Crippen LogP contribution in [0.3, 0.4) is 0 Å². The lowest BCUT2D eigenvalue weighted by molar-refractivity contribution is 0.758. The highest BCUT2D eigenvalue weighted by Crippen LogP contribution is 2.26. The molecule has 0 spiro atoms. The molecule has 0 saturated carbocycles. The molecule has 1 aliphatic heterocycles. The Morgan fingerprint density at radius 1 is 1.37 bits per heavy atom. The Kier molecular flexibility index (Phi) is 2.85. The van der Waals surface area contributed by atoms with E-state index in [9.17, 15) is 4.79 Å². The second kappa shape index (κ2) is 4.53. The van der Waals surface area contributed by atoms with E-state index in [1.165, 1.54) is 0 Å². The van der Waals surface area contributed by atoms with Crippen molar-refractivity contribution in [1.29, 1.82) is 0 Å². The highest BCUT2D eigenvalue weighted by Gasteiger charge is 2.19. The molecule has 0 bridgehead atoms. The summed E-state index contributed by atoms with van der Waals surface area (Å²) in [6.45, 7) is 6.06. The molecular formula is C15H17N3O. The van der Waals surface area contributed by atoms with Gasteiger partial charge in [-0.15, -0.1) is 0 Å². The van der Waals surface area contributed by atoms with Crippen LogP contribution in [0.4, 0.5) is 5.69 Å². The molecule has 1 aliphatic rings. The van der Waals surface area contributed by atoms with Gasteiger partial charge in [-0.3, -0.25) is 9.79 Å². The molecule has 1 N–H and O–H groups in total. The predicted octanol–water partition coefficient (Wildman–Crippen LogP) is 2.26. The van der Waals surface area contributed by atoms with Gasteiger partial charge >= 0.3 is 0 Å². The second-order valence-electron chi connectivity index (χ2n) is 4.71. The van der Waals surface area contributed by atoms with Gasteiger partial charge in [0.05, 0.1) is 23.3 Å². The number of aromatic nitrogens is 1. The number of pyridine rings is 1. The highest BCUT2D eigenvalue weighted by molar-refractivity contribution is 6.09. The van der Waals surface area contributed by atoms with Crippen molar-refractivity contribution in [3.63, 3.8) is 0 Å². The van der Waals surface area contributed by atoms with Crippen LogP contribution in [0, 0.1) is 0 Å².